The van der Waals surface area contributed by atoms with E-state index in [9.17, 15) is 22.8 Å². The highest BCUT2D eigenvalue weighted by Crippen LogP contribution is 2.29. The number of alkyl halides is 3. The molecule has 4 rings (SSSR count). The first-order chi connectivity index (χ1) is 16.2. The van der Waals surface area contributed by atoms with Crippen LogP contribution >= 0.6 is 11.8 Å². The van der Waals surface area contributed by atoms with Gasteiger partial charge in [-0.3, -0.25) is 14.2 Å². The highest BCUT2D eigenvalue weighted by molar-refractivity contribution is 7.98. The van der Waals surface area contributed by atoms with Crippen molar-refractivity contribution in [2.75, 3.05) is 0 Å². The predicted octanol–water partition coefficient (Wildman–Crippen LogP) is 6.27. The molecule has 0 radical (unpaired) electrons. The van der Waals surface area contributed by atoms with Crippen molar-refractivity contribution in [3.8, 4) is 0 Å². The summed E-state index contributed by atoms with van der Waals surface area (Å²) in [6.45, 7) is 4.30. The monoisotopic (exact) mass is 482 g/mol. The molecule has 4 aromatic rings. The maximum absolute atomic E-state index is 13.0. The molecule has 0 aliphatic carbocycles. The Labute approximate surface area is 198 Å². The van der Waals surface area contributed by atoms with Crippen LogP contribution in [0.4, 0.5) is 13.2 Å². The fraction of sp³-hybridized carbons (Fsp3) is 0.192. The molecule has 0 unspecified atom stereocenters. The first-order valence-electron chi connectivity index (χ1n) is 10.6. The lowest BCUT2D eigenvalue weighted by atomic mass is 10.0. The molecule has 4 nitrogen and oxygen atoms in total. The van der Waals surface area contributed by atoms with E-state index in [1.807, 2.05) is 32.0 Å². The van der Waals surface area contributed by atoms with Crippen LogP contribution in [0.1, 0.15) is 39.5 Å². The minimum absolute atomic E-state index is 0.0643. The predicted molar refractivity (Wildman–Crippen MR) is 127 cm³/mol. The van der Waals surface area contributed by atoms with Gasteiger partial charge in [0.1, 0.15) is 0 Å². The maximum Gasteiger partial charge on any atom is 0.416 e. The van der Waals surface area contributed by atoms with E-state index in [0.717, 1.165) is 23.3 Å². The van der Waals surface area contributed by atoms with Gasteiger partial charge in [0.15, 0.2) is 10.9 Å². The fourth-order valence-electron chi connectivity index (χ4n) is 3.68. The maximum atomic E-state index is 13.0. The molecule has 0 saturated carbocycles. The zero-order valence-electron chi connectivity index (χ0n) is 18.5. The molecule has 0 amide bonds. The van der Waals surface area contributed by atoms with Gasteiger partial charge in [0.2, 0.25) is 0 Å². The van der Waals surface area contributed by atoms with E-state index in [1.54, 1.807) is 28.8 Å². The van der Waals surface area contributed by atoms with Crippen molar-refractivity contribution in [3.05, 3.63) is 105 Å². The summed E-state index contributed by atoms with van der Waals surface area (Å²) < 4.78 is 39.9. The van der Waals surface area contributed by atoms with Gasteiger partial charge in [0, 0.05) is 23.4 Å². The van der Waals surface area contributed by atoms with Crippen LogP contribution in [-0.4, -0.2) is 15.3 Å². The summed E-state index contributed by atoms with van der Waals surface area (Å²) in [6, 6.07) is 16.7. The summed E-state index contributed by atoms with van der Waals surface area (Å²) in [5.74, 6) is 0.192. The number of aromatic nitrogens is 2. The molecule has 0 saturated heterocycles. The third-order valence-corrected chi connectivity index (χ3v) is 6.58. The van der Waals surface area contributed by atoms with Gasteiger partial charge in [-0.1, -0.05) is 60.3 Å². The van der Waals surface area contributed by atoms with Crippen molar-refractivity contribution < 1.29 is 18.0 Å². The quantitative estimate of drug-likeness (QED) is 0.185. The van der Waals surface area contributed by atoms with Gasteiger partial charge in [-0.2, -0.15) is 13.2 Å². The second-order valence-corrected chi connectivity index (χ2v) is 8.75. The van der Waals surface area contributed by atoms with Crippen LogP contribution in [0.3, 0.4) is 0 Å². The fourth-order valence-corrected chi connectivity index (χ4v) is 4.69. The van der Waals surface area contributed by atoms with Gasteiger partial charge >= 0.3 is 6.18 Å². The van der Waals surface area contributed by atoms with Crippen LogP contribution in [0.25, 0.3) is 10.9 Å². The average molecular weight is 483 g/mol. The number of ketones is 1. The van der Waals surface area contributed by atoms with E-state index >= 15 is 0 Å². The van der Waals surface area contributed by atoms with Gasteiger partial charge in [0.25, 0.3) is 5.56 Å². The lowest BCUT2D eigenvalue weighted by molar-refractivity contribution is -0.137. The normalized spacial score (nSPS) is 11.7. The van der Waals surface area contributed by atoms with E-state index in [4.69, 9.17) is 0 Å². The lowest BCUT2D eigenvalue weighted by Crippen LogP contribution is -2.23. The van der Waals surface area contributed by atoms with Gasteiger partial charge in [-0.15, -0.1) is 0 Å². The number of rotatable bonds is 6. The largest absolute Gasteiger partial charge is 0.416 e. The van der Waals surface area contributed by atoms with Crippen molar-refractivity contribution in [2.24, 2.45) is 0 Å². The number of hydrogen-bond acceptors (Lipinski definition) is 4. The summed E-state index contributed by atoms with van der Waals surface area (Å²) in [5, 5.41) is 1.25. The van der Waals surface area contributed by atoms with Crippen LogP contribution in [0.5, 0.6) is 0 Å². The number of benzene rings is 3. The first kappa shape index (κ1) is 23.8. The molecule has 1 aromatic heterocycles. The van der Waals surface area contributed by atoms with Crippen LogP contribution in [0.15, 0.2) is 76.7 Å². The van der Waals surface area contributed by atoms with E-state index in [1.165, 1.54) is 23.9 Å². The summed E-state index contributed by atoms with van der Waals surface area (Å²) in [6.07, 6.45) is -4.44. The molecule has 0 aliphatic rings. The van der Waals surface area contributed by atoms with Crippen molar-refractivity contribution in [2.45, 2.75) is 37.5 Å². The van der Waals surface area contributed by atoms with Crippen molar-refractivity contribution in [1.82, 2.24) is 9.55 Å². The topological polar surface area (TPSA) is 52.0 Å². The summed E-state index contributed by atoms with van der Waals surface area (Å²) in [5.41, 5.74) is 2.20. The number of thioether (sulfide) groups is 1. The Balaban J connectivity index is 1.51. The molecular weight excluding hydrogens is 461 g/mol. The van der Waals surface area contributed by atoms with Gasteiger partial charge in [-0.25, -0.2) is 4.98 Å². The van der Waals surface area contributed by atoms with Crippen LogP contribution in [-0.2, 0) is 18.5 Å². The Morgan fingerprint density at radius 3 is 2.18 bits per heavy atom. The lowest BCUT2D eigenvalue weighted by Gasteiger charge is -2.12. The third kappa shape index (κ3) is 4.77. The van der Waals surface area contributed by atoms with Gasteiger partial charge < -0.3 is 0 Å². The Morgan fingerprint density at radius 1 is 0.971 bits per heavy atom. The second-order valence-electron chi connectivity index (χ2n) is 7.80. The molecule has 3 aromatic carbocycles. The van der Waals surface area contributed by atoms with Crippen LogP contribution in [0.2, 0.25) is 0 Å². The molecule has 0 fully saturated rings. The number of carbonyl (C=O) groups excluding carboxylic acids is 1. The molecule has 8 heteroatoms. The average Bonchev–Trinajstić information content (AvgIpc) is 2.82. The molecule has 0 bridgehead atoms. The highest BCUT2D eigenvalue weighted by Gasteiger charge is 2.30. The SMILES string of the molecule is CCn1c(SCc2ccc(C(=O)c3ccc(C(F)(F)F)cc3)cc2)nc2cccc(C)c2c1=O. The molecule has 1 heterocycles. The molecule has 0 N–H and O–H groups in total. The molecule has 0 atom stereocenters. The van der Waals surface area contributed by atoms with Gasteiger partial charge in [0.05, 0.1) is 16.5 Å². The molecule has 174 valence electrons. The Morgan fingerprint density at radius 2 is 1.59 bits per heavy atom. The smallest absolute Gasteiger partial charge is 0.289 e. The number of carbonyl (C=O) groups is 1. The highest BCUT2D eigenvalue weighted by atomic mass is 32.2. The van der Waals surface area contributed by atoms with E-state index in [2.05, 4.69) is 4.98 Å². The van der Waals surface area contributed by atoms with Crippen LogP contribution in [0, 0.1) is 6.92 Å². The molecule has 0 aliphatic heterocycles. The zero-order valence-corrected chi connectivity index (χ0v) is 19.3. The number of halogens is 3. The summed E-state index contributed by atoms with van der Waals surface area (Å²) in [7, 11) is 0. The minimum Gasteiger partial charge on any atom is -0.289 e. The number of aryl methyl sites for hydroxylation is 1. The summed E-state index contributed by atoms with van der Waals surface area (Å²) >= 11 is 1.43. The van der Waals surface area contributed by atoms with Crippen LogP contribution < -0.4 is 5.56 Å². The van der Waals surface area contributed by atoms with Gasteiger partial charge in [-0.05, 0) is 43.2 Å². The number of nitrogens with zero attached hydrogens (tertiary/aromatic N) is 2. The Bertz CT molecular complexity index is 1410. The standard InChI is InChI=1S/C26H21F3N2O2S/c1-3-31-24(33)22-16(2)5-4-6-21(22)30-25(31)34-15-17-7-9-18(10-8-17)23(32)19-11-13-20(14-12-19)26(27,28)29/h4-14H,3,15H2,1-2H3. The number of fused-ring (bicyclic) bond motifs is 1. The van der Waals surface area contributed by atoms with E-state index in [0.29, 0.717) is 33.9 Å². The molecular formula is C26H21F3N2O2S. The van der Waals surface area contributed by atoms with Crippen molar-refractivity contribution in [3.63, 3.8) is 0 Å². The molecule has 0 spiro atoms. The zero-order chi connectivity index (χ0) is 24.5. The number of hydrogen-bond donors (Lipinski definition) is 0. The van der Waals surface area contributed by atoms with Crippen molar-refractivity contribution >= 4 is 28.4 Å². The first-order valence-corrected chi connectivity index (χ1v) is 11.6. The van der Waals surface area contributed by atoms with Crippen molar-refractivity contribution in [1.29, 1.82) is 0 Å². The Hall–Kier alpha value is -3.39. The molecule has 34 heavy (non-hydrogen) atoms. The Kier molecular flexibility index (Phi) is 6.61. The van der Waals surface area contributed by atoms with E-state index < -0.39 is 11.7 Å². The second kappa shape index (κ2) is 9.46. The van der Waals surface area contributed by atoms with E-state index in [-0.39, 0.29) is 16.9 Å². The minimum atomic E-state index is -4.44. The summed E-state index contributed by atoms with van der Waals surface area (Å²) in [4.78, 5) is 30.3. The third-order valence-electron chi connectivity index (χ3n) is 5.53.